The number of piperazine rings is 1. The lowest BCUT2D eigenvalue weighted by Gasteiger charge is -2.36. The highest BCUT2D eigenvalue weighted by Crippen LogP contribution is 2.30. The number of thiazole rings is 1. The maximum Gasteiger partial charge on any atom is 0.265 e. The Morgan fingerprint density at radius 1 is 1.13 bits per heavy atom. The molecule has 31 heavy (non-hydrogen) atoms. The van der Waals surface area contributed by atoms with Gasteiger partial charge in [0, 0.05) is 36.8 Å². The third-order valence-corrected chi connectivity index (χ3v) is 6.80. The summed E-state index contributed by atoms with van der Waals surface area (Å²) in [6.45, 7) is 4.03. The molecule has 8 heteroatoms. The molecule has 0 N–H and O–H groups in total. The number of hydrogen-bond acceptors (Lipinski definition) is 5. The number of benzene rings is 2. The minimum absolute atomic E-state index is 0.0369. The summed E-state index contributed by atoms with van der Waals surface area (Å²) in [4.78, 5) is 22.2. The van der Waals surface area contributed by atoms with Crippen molar-refractivity contribution in [2.45, 2.75) is 13.0 Å². The van der Waals surface area contributed by atoms with Crippen LogP contribution in [0.4, 0.5) is 4.39 Å². The molecule has 1 atom stereocenters. The van der Waals surface area contributed by atoms with E-state index >= 15 is 0 Å². The second-order valence-corrected chi connectivity index (χ2v) is 8.79. The van der Waals surface area contributed by atoms with Crippen LogP contribution >= 0.6 is 22.9 Å². The molecule has 5 nitrogen and oxygen atoms in total. The molecule has 1 aliphatic heterocycles. The van der Waals surface area contributed by atoms with Crippen molar-refractivity contribution in [3.63, 3.8) is 0 Å². The number of amides is 1. The van der Waals surface area contributed by atoms with Crippen LogP contribution in [0.1, 0.15) is 27.0 Å². The van der Waals surface area contributed by atoms with Crippen molar-refractivity contribution in [3.8, 4) is 16.6 Å². The minimum Gasteiger partial charge on any atom is -0.335 e. The summed E-state index contributed by atoms with van der Waals surface area (Å²) in [5.41, 5.74) is 2.40. The van der Waals surface area contributed by atoms with Crippen LogP contribution in [0.5, 0.6) is 0 Å². The fourth-order valence-electron chi connectivity index (χ4n) is 3.65. The first-order valence-corrected chi connectivity index (χ1v) is 11.1. The number of carbonyl (C=O) groups is 1. The minimum atomic E-state index is -0.459. The van der Waals surface area contributed by atoms with Crippen molar-refractivity contribution < 1.29 is 9.18 Å². The van der Waals surface area contributed by atoms with Gasteiger partial charge in [0.15, 0.2) is 0 Å². The molecule has 1 aliphatic rings. The van der Waals surface area contributed by atoms with Crippen LogP contribution < -0.4 is 0 Å². The van der Waals surface area contributed by atoms with Crippen molar-refractivity contribution in [1.82, 2.24) is 14.8 Å². The Hall–Kier alpha value is -2.79. The highest BCUT2D eigenvalue weighted by Gasteiger charge is 2.29. The van der Waals surface area contributed by atoms with Gasteiger partial charge in [-0.3, -0.25) is 9.69 Å². The second kappa shape index (κ2) is 9.15. The largest absolute Gasteiger partial charge is 0.335 e. The Morgan fingerprint density at radius 3 is 2.39 bits per heavy atom. The number of hydrogen-bond donors (Lipinski definition) is 0. The maximum absolute atomic E-state index is 13.2. The van der Waals surface area contributed by atoms with Crippen LogP contribution in [0.2, 0.25) is 5.02 Å². The maximum atomic E-state index is 13.2. The average Bonchev–Trinajstić information content (AvgIpc) is 3.17. The second-order valence-electron chi connectivity index (χ2n) is 7.35. The zero-order chi connectivity index (χ0) is 22.0. The van der Waals surface area contributed by atoms with E-state index in [1.807, 2.05) is 28.9 Å². The molecule has 1 fully saturated rings. The zero-order valence-corrected chi connectivity index (χ0v) is 18.5. The van der Waals surface area contributed by atoms with Gasteiger partial charge in [0.2, 0.25) is 0 Å². The number of nitriles is 1. The molecule has 1 aromatic heterocycles. The fourth-order valence-corrected chi connectivity index (χ4v) is 4.82. The quantitative estimate of drug-likeness (QED) is 0.560. The molecule has 2 heterocycles. The Morgan fingerprint density at radius 2 is 1.77 bits per heavy atom. The monoisotopic (exact) mass is 454 g/mol. The lowest BCUT2D eigenvalue weighted by molar-refractivity contribution is 0.0610. The first-order chi connectivity index (χ1) is 15.0. The van der Waals surface area contributed by atoms with Crippen LogP contribution in [0.25, 0.3) is 10.6 Å². The molecule has 3 aromatic rings. The molecule has 1 saturated heterocycles. The normalized spacial score (nSPS) is 15.5. The van der Waals surface area contributed by atoms with Crippen LogP contribution in [0.15, 0.2) is 48.5 Å². The SMILES string of the molecule is Cc1nc(-c2ccc(Cl)cc2)sc1C(=O)N1CCN([C@@H](C#N)c2ccc(F)cc2)CC1. The van der Waals surface area contributed by atoms with Crippen LogP contribution in [0, 0.1) is 24.1 Å². The third-order valence-electron chi connectivity index (χ3n) is 5.36. The summed E-state index contributed by atoms with van der Waals surface area (Å²) in [5.74, 6) is -0.362. The summed E-state index contributed by atoms with van der Waals surface area (Å²) >= 11 is 7.34. The molecule has 0 unspecified atom stereocenters. The summed E-state index contributed by atoms with van der Waals surface area (Å²) in [6, 6.07) is 15.3. The van der Waals surface area contributed by atoms with E-state index < -0.39 is 6.04 Å². The number of carbonyl (C=O) groups excluding carboxylic acids is 1. The summed E-state index contributed by atoms with van der Waals surface area (Å²) in [6.07, 6.45) is 0. The summed E-state index contributed by atoms with van der Waals surface area (Å²) < 4.78 is 13.2. The predicted molar refractivity (Wildman–Crippen MR) is 120 cm³/mol. The van der Waals surface area contributed by atoms with Gasteiger partial charge in [-0.2, -0.15) is 5.26 Å². The van der Waals surface area contributed by atoms with Gasteiger partial charge in [-0.25, -0.2) is 9.37 Å². The molecule has 2 aromatic carbocycles. The van der Waals surface area contributed by atoms with Crippen molar-refractivity contribution in [2.75, 3.05) is 26.2 Å². The van der Waals surface area contributed by atoms with Crippen LogP contribution in [-0.2, 0) is 0 Å². The van der Waals surface area contributed by atoms with Gasteiger partial charge >= 0.3 is 0 Å². The first kappa shape index (κ1) is 21.4. The van der Waals surface area contributed by atoms with Gasteiger partial charge in [0.05, 0.1) is 11.8 Å². The molecular weight excluding hydrogens is 435 g/mol. The zero-order valence-electron chi connectivity index (χ0n) is 16.9. The number of aryl methyl sites for hydroxylation is 1. The van der Waals surface area contributed by atoms with E-state index in [9.17, 15) is 14.4 Å². The van der Waals surface area contributed by atoms with E-state index in [0.29, 0.717) is 41.8 Å². The van der Waals surface area contributed by atoms with E-state index in [-0.39, 0.29) is 11.7 Å². The highest BCUT2D eigenvalue weighted by molar-refractivity contribution is 7.17. The molecule has 4 rings (SSSR count). The number of aromatic nitrogens is 1. The number of rotatable bonds is 4. The third kappa shape index (κ3) is 4.62. The van der Waals surface area contributed by atoms with E-state index in [4.69, 9.17) is 11.6 Å². The number of halogens is 2. The fraction of sp³-hybridized carbons (Fsp3) is 0.261. The summed E-state index contributed by atoms with van der Waals surface area (Å²) in [7, 11) is 0. The van der Waals surface area contributed by atoms with E-state index in [1.54, 1.807) is 24.3 Å². The number of nitrogens with zero attached hydrogens (tertiary/aromatic N) is 4. The smallest absolute Gasteiger partial charge is 0.265 e. The van der Waals surface area contributed by atoms with Gasteiger partial charge in [0.1, 0.15) is 21.7 Å². The Balaban J connectivity index is 1.44. The molecule has 158 valence electrons. The first-order valence-electron chi connectivity index (χ1n) is 9.88. The summed E-state index contributed by atoms with van der Waals surface area (Å²) in [5, 5.41) is 11.1. The van der Waals surface area contributed by atoms with Crippen LogP contribution in [0.3, 0.4) is 0 Å². The Kier molecular flexibility index (Phi) is 6.33. The molecule has 0 spiro atoms. The lowest BCUT2D eigenvalue weighted by atomic mass is 10.1. The topological polar surface area (TPSA) is 60.2 Å². The molecule has 0 radical (unpaired) electrons. The predicted octanol–water partition coefficient (Wildman–Crippen LogP) is 4.93. The van der Waals surface area contributed by atoms with Crippen molar-refractivity contribution in [2.24, 2.45) is 0 Å². The van der Waals surface area contributed by atoms with Gasteiger partial charge in [0.25, 0.3) is 5.91 Å². The molecule has 0 aliphatic carbocycles. The standard InChI is InChI=1S/C23H20ClFN4OS/c1-15-21(31-22(27-15)17-2-6-18(24)7-3-17)23(30)29-12-10-28(11-13-29)20(14-26)16-4-8-19(25)9-5-16/h2-9,20H,10-13H2,1H3/t20-/m0/s1. The Bertz CT molecular complexity index is 1120. The molecular formula is C23H20ClFN4OS. The molecule has 1 amide bonds. The van der Waals surface area contributed by atoms with Gasteiger partial charge < -0.3 is 4.90 Å². The van der Waals surface area contributed by atoms with E-state index in [2.05, 4.69) is 11.1 Å². The Labute approximate surface area is 189 Å². The van der Waals surface area contributed by atoms with Crippen molar-refractivity contribution >= 4 is 28.8 Å². The lowest BCUT2D eigenvalue weighted by Crippen LogP contribution is -2.49. The van der Waals surface area contributed by atoms with Crippen molar-refractivity contribution in [3.05, 3.63) is 75.5 Å². The van der Waals surface area contributed by atoms with Gasteiger partial charge in [-0.15, -0.1) is 11.3 Å². The van der Waals surface area contributed by atoms with Gasteiger partial charge in [-0.05, 0) is 36.8 Å². The van der Waals surface area contributed by atoms with E-state index in [0.717, 1.165) is 16.1 Å². The van der Waals surface area contributed by atoms with Crippen LogP contribution in [-0.4, -0.2) is 46.9 Å². The van der Waals surface area contributed by atoms with E-state index in [1.165, 1.54) is 23.5 Å². The van der Waals surface area contributed by atoms with Crippen molar-refractivity contribution in [1.29, 1.82) is 5.26 Å². The molecule has 0 bridgehead atoms. The average molecular weight is 455 g/mol. The molecule has 0 saturated carbocycles. The van der Waals surface area contributed by atoms with Gasteiger partial charge in [-0.1, -0.05) is 35.9 Å². The highest BCUT2D eigenvalue weighted by atomic mass is 35.5.